The molecule has 2 heterocycles. The van der Waals surface area contributed by atoms with Gasteiger partial charge in [0.25, 0.3) is 5.91 Å². The monoisotopic (exact) mass is 364 g/mol. The van der Waals surface area contributed by atoms with E-state index in [-0.39, 0.29) is 17.9 Å². The van der Waals surface area contributed by atoms with Crippen LogP contribution in [-0.4, -0.2) is 55.0 Å². The summed E-state index contributed by atoms with van der Waals surface area (Å²) in [4.78, 5) is 29.0. The fourth-order valence-corrected chi connectivity index (χ4v) is 3.95. The van der Waals surface area contributed by atoms with Gasteiger partial charge in [-0.05, 0) is 44.4 Å². The Hall–Kier alpha value is -1.79. The minimum atomic E-state index is -0.514. The van der Waals surface area contributed by atoms with Gasteiger partial charge in [0.15, 0.2) is 0 Å². The molecule has 3 rings (SSSR count). The Bertz CT molecular complexity index is 660. The van der Waals surface area contributed by atoms with E-state index < -0.39 is 6.04 Å². The van der Waals surface area contributed by atoms with Crippen molar-refractivity contribution < 1.29 is 9.59 Å². The number of carbonyl (C=O) groups excluding carboxylic acids is 2. The van der Waals surface area contributed by atoms with E-state index in [1.165, 1.54) is 0 Å². The minimum absolute atomic E-state index is 0.149. The van der Waals surface area contributed by atoms with Gasteiger partial charge in [-0.25, -0.2) is 0 Å². The fourth-order valence-electron chi connectivity index (χ4n) is 3.65. The third-order valence-corrected chi connectivity index (χ3v) is 5.19. The highest BCUT2D eigenvalue weighted by Gasteiger charge is 2.38. The minimum Gasteiger partial charge on any atom is -0.370 e. The van der Waals surface area contributed by atoms with E-state index in [0.717, 1.165) is 31.6 Å². The summed E-state index contributed by atoms with van der Waals surface area (Å²) >= 11 is 6.42. The molecule has 2 fully saturated rings. The third kappa shape index (κ3) is 3.75. The van der Waals surface area contributed by atoms with Gasteiger partial charge in [0.1, 0.15) is 6.04 Å². The molecule has 3 N–H and O–H groups in total. The second kappa shape index (κ2) is 7.62. The first-order chi connectivity index (χ1) is 12.0. The summed E-state index contributed by atoms with van der Waals surface area (Å²) in [6, 6.07) is 4.70. The summed E-state index contributed by atoms with van der Waals surface area (Å²) in [5.41, 5.74) is 7.46. The number of rotatable bonds is 4. The van der Waals surface area contributed by atoms with E-state index >= 15 is 0 Å². The summed E-state index contributed by atoms with van der Waals surface area (Å²) in [6.45, 7) is 4.76. The van der Waals surface area contributed by atoms with E-state index in [4.69, 9.17) is 17.3 Å². The van der Waals surface area contributed by atoms with Gasteiger partial charge in [0.2, 0.25) is 5.91 Å². The largest absolute Gasteiger partial charge is 0.370 e. The molecular weight excluding hydrogens is 340 g/mol. The Balaban J connectivity index is 1.79. The van der Waals surface area contributed by atoms with Gasteiger partial charge in [-0.3, -0.25) is 9.59 Å². The van der Waals surface area contributed by atoms with Gasteiger partial charge in [0.05, 0.1) is 10.7 Å². The van der Waals surface area contributed by atoms with Gasteiger partial charge in [-0.1, -0.05) is 11.6 Å². The van der Waals surface area contributed by atoms with Crippen LogP contribution in [0.5, 0.6) is 0 Å². The maximum Gasteiger partial charge on any atom is 0.254 e. The van der Waals surface area contributed by atoms with E-state index in [0.29, 0.717) is 30.1 Å². The molecule has 136 valence electrons. The number of halogens is 1. The lowest BCUT2D eigenvalue weighted by atomic mass is 10.1. The van der Waals surface area contributed by atoms with Crippen LogP contribution >= 0.6 is 11.6 Å². The molecule has 2 atom stereocenters. The highest BCUT2D eigenvalue weighted by atomic mass is 35.5. The molecule has 1 aromatic rings. The van der Waals surface area contributed by atoms with Gasteiger partial charge in [0, 0.05) is 37.8 Å². The predicted molar refractivity (Wildman–Crippen MR) is 99.0 cm³/mol. The number of hydrogen-bond acceptors (Lipinski definition) is 4. The predicted octanol–water partition coefficient (Wildman–Crippen LogP) is 1.62. The molecule has 6 nitrogen and oxygen atoms in total. The number of nitrogens with two attached hydrogens (primary N) is 1. The van der Waals surface area contributed by atoms with E-state index in [1.54, 1.807) is 17.0 Å². The zero-order valence-corrected chi connectivity index (χ0v) is 15.3. The Morgan fingerprint density at radius 3 is 2.68 bits per heavy atom. The molecule has 1 aromatic carbocycles. The Morgan fingerprint density at radius 2 is 2.04 bits per heavy atom. The molecule has 0 radical (unpaired) electrons. The van der Waals surface area contributed by atoms with Crippen molar-refractivity contribution in [3.05, 3.63) is 28.8 Å². The number of benzene rings is 1. The van der Waals surface area contributed by atoms with Crippen molar-refractivity contribution in [2.24, 2.45) is 5.73 Å². The third-order valence-electron chi connectivity index (χ3n) is 4.89. The molecular formula is C18H25ClN4O2. The molecule has 2 aliphatic rings. The molecule has 0 bridgehead atoms. The summed E-state index contributed by atoms with van der Waals surface area (Å²) in [5, 5.41) is 3.36. The Labute approximate surface area is 153 Å². The molecule has 0 spiro atoms. The topological polar surface area (TPSA) is 78.7 Å². The van der Waals surface area contributed by atoms with Crippen molar-refractivity contribution in [2.45, 2.75) is 38.3 Å². The molecule has 7 heteroatoms. The van der Waals surface area contributed by atoms with Crippen molar-refractivity contribution in [1.82, 2.24) is 10.2 Å². The van der Waals surface area contributed by atoms with Crippen LogP contribution in [0.15, 0.2) is 18.2 Å². The standard InChI is InChI=1S/C18H25ClN4O2/c1-2-21-17(24)16-10-13(20)11-23(16)18(25)12-5-6-15(14(19)9-12)22-7-3-4-8-22/h5-6,9,13,16H,2-4,7-8,10-11,20H2,1H3,(H,21,24)/t13-,16+/m1/s1. The lowest BCUT2D eigenvalue weighted by Crippen LogP contribution is -2.46. The molecule has 0 aromatic heterocycles. The van der Waals surface area contributed by atoms with E-state index in [1.807, 2.05) is 13.0 Å². The fraction of sp³-hybridized carbons (Fsp3) is 0.556. The summed E-state index contributed by atoms with van der Waals surface area (Å²) in [6.07, 6.45) is 2.81. The van der Waals surface area contributed by atoms with Crippen LogP contribution in [0, 0.1) is 0 Å². The molecule has 0 unspecified atom stereocenters. The second-order valence-electron chi connectivity index (χ2n) is 6.72. The van der Waals surface area contributed by atoms with Crippen molar-refractivity contribution in [3.8, 4) is 0 Å². The van der Waals surface area contributed by atoms with Crippen molar-refractivity contribution in [2.75, 3.05) is 31.1 Å². The van der Waals surface area contributed by atoms with Crippen LogP contribution < -0.4 is 16.0 Å². The number of anilines is 1. The molecule has 2 amide bonds. The van der Waals surface area contributed by atoms with Crippen molar-refractivity contribution in [1.29, 1.82) is 0 Å². The van der Waals surface area contributed by atoms with Crippen molar-refractivity contribution in [3.63, 3.8) is 0 Å². The lowest BCUT2D eigenvalue weighted by molar-refractivity contribution is -0.124. The Morgan fingerprint density at radius 1 is 1.32 bits per heavy atom. The number of nitrogens with one attached hydrogen (secondary N) is 1. The number of likely N-dealkylation sites (tertiary alicyclic amines) is 1. The van der Waals surface area contributed by atoms with Crippen LogP contribution in [0.2, 0.25) is 5.02 Å². The SMILES string of the molecule is CCNC(=O)[C@@H]1C[C@@H](N)CN1C(=O)c1ccc(N2CCCC2)c(Cl)c1. The highest BCUT2D eigenvalue weighted by molar-refractivity contribution is 6.33. The average Bonchev–Trinajstić information content (AvgIpc) is 3.24. The number of amides is 2. The zero-order valence-electron chi connectivity index (χ0n) is 14.5. The first-order valence-corrected chi connectivity index (χ1v) is 9.27. The smallest absolute Gasteiger partial charge is 0.254 e. The molecule has 0 aliphatic carbocycles. The van der Waals surface area contributed by atoms with Gasteiger partial charge >= 0.3 is 0 Å². The maximum atomic E-state index is 12.9. The van der Waals surface area contributed by atoms with Gasteiger partial charge in [-0.15, -0.1) is 0 Å². The molecule has 25 heavy (non-hydrogen) atoms. The van der Waals surface area contributed by atoms with Crippen LogP contribution in [0.1, 0.15) is 36.5 Å². The summed E-state index contributed by atoms with van der Waals surface area (Å²) < 4.78 is 0. The number of carbonyl (C=O) groups is 2. The average molecular weight is 365 g/mol. The summed E-state index contributed by atoms with van der Waals surface area (Å²) in [5.74, 6) is -0.345. The first kappa shape index (κ1) is 18.0. The van der Waals surface area contributed by atoms with Crippen LogP contribution in [0.3, 0.4) is 0 Å². The number of hydrogen-bond donors (Lipinski definition) is 2. The van der Waals surface area contributed by atoms with Gasteiger partial charge < -0.3 is 20.9 Å². The normalized spacial score (nSPS) is 23.2. The van der Waals surface area contributed by atoms with Crippen LogP contribution in [0.25, 0.3) is 0 Å². The number of nitrogens with zero attached hydrogens (tertiary/aromatic N) is 2. The molecule has 2 saturated heterocycles. The van der Waals surface area contributed by atoms with Gasteiger partial charge in [-0.2, -0.15) is 0 Å². The second-order valence-corrected chi connectivity index (χ2v) is 7.13. The number of likely N-dealkylation sites (N-methyl/N-ethyl adjacent to an activating group) is 1. The molecule has 0 saturated carbocycles. The first-order valence-electron chi connectivity index (χ1n) is 8.90. The zero-order chi connectivity index (χ0) is 18.0. The lowest BCUT2D eigenvalue weighted by Gasteiger charge is -2.24. The Kier molecular flexibility index (Phi) is 5.49. The van der Waals surface area contributed by atoms with E-state index in [9.17, 15) is 9.59 Å². The van der Waals surface area contributed by atoms with Crippen molar-refractivity contribution >= 4 is 29.1 Å². The molecule has 2 aliphatic heterocycles. The quantitative estimate of drug-likeness (QED) is 0.851. The maximum absolute atomic E-state index is 12.9. The van der Waals surface area contributed by atoms with Crippen LogP contribution in [-0.2, 0) is 4.79 Å². The van der Waals surface area contributed by atoms with Crippen LogP contribution in [0.4, 0.5) is 5.69 Å². The van der Waals surface area contributed by atoms with E-state index in [2.05, 4.69) is 10.2 Å². The highest BCUT2D eigenvalue weighted by Crippen LogP contribution is 2.30. The summed E-state index contributed by atoms with van der Waals surface area (Å²) in [7, 11) is 0.